The van der Waals surface area contributed by atoms with Crippen LogP contribution in [-0.2, 0) is 4.79 Å². The van der Waals surface area contributed by atoms with E-state index in [1.165, 1.54) is 0 Å². The molecule has 0 aliphatic carbocycles. The third-order valence-electron chi connectivity index (χ3n) is 2.99. The highest BCUT2D eigenvalue weighted by Gasteiger charge is 2.23. The van der Waals surface area contributed by atoms with Crippen LogP contribution < -0.4 is 15.5 Å². The van der Waals surface area contributed by atoms with Gasteiger partial charge in [0.25, 0.3) is 0 Å². The topological polar surface area (TPSA) is 81.7 Å². The van der Waals surface area contributed by atoms with Crippen molar-refractivity contribution in [3.05, 3.63) is 23.8 Å². The Balaban J connectivity index is 2.75. The summed E-state index contributed by atoms with van der Waals surface area (Å²) in [5.41, 5.74) is 1.97. The minimum atomic E-state index is -0.953. The number of carbonyl (C=O) groups excluding carboxylic acids is 1. The number of nitrogens with zero attached hydrogens (tertiary/aromatic N) is 1. The Hall–Kier alpha value is -2.24. The van der Waals surface area contributed by atoms with E-state index in [1.54, 1.807) is 13.8 Å². The molecule has 1 aromatic rings. The molecule has 0 aromatic heterocycles. The number of hydrogen-bond donors (Lipinski definition) is 3. The van der Waals surface area contributed by atoms with Crippen molar-refractivity contribution in [2.75, 3.05) is 24.3 Å². The molecule has 1 rings (SSSR count). The lowest BCUT2D eigenvalue weighted by Gasteiger charge is -2.24. The highest BCUT2D eigenvalue weighted by Crippen LogP contribution is 2.22. The molecule has 3 N–H and O–H groups in total. The van der Waals surface area contributed by atoms with Crippen molar-refractivity contribution in [2.24, 2.45) is 0 Å². The van der Waals surface area contributed by atoms with Crippen LogP contribution in [0.3, 0.4) is 0 Å². The summed E-state index contributed by atoms with van der Waals surface area (Å²) in [6.07, 6.45) is -0.142. The summed E-state index contributed by atoms with van der Waals surface area (Å²) >= 11 is 0. The summed E-state index contributed by atoms with van der Waals surface area (Å²) in [6, 6.07) is 5.19. The van der Waals surface area contributed by atoms with Gasteiger partial charge in [-0.3, -0.25) is 4.79 Å². The van der Waals surface area contributed by atoms with Crippen molar-refractivity contribution in [3.63, 3.8) is 0 Å². The van der Waals surface area contributed by atoms with Crippen LogP contribution in [0.4, 0.5) is 16.2 Å². The molecule has 0 radical (unpaired) electrons. The first kappa shape index (κ1) is 16.8. The number of carbonyl (C=O) groups is 2. The standard InChI is InChI=1S/C15H23N3O3/c1-10-6-7-11(8-12(10)18(4)5)16-14(21)17-15(2,3)9-13(19)20/h6-8H,9H2,1-5H3,(H,19,20)(H2,16,17,21). The fraction of sp³-hybridized carbons (Fsp3) is 0.467. The Morgan fingerprint density at radius 3 is 2.43 bits per heavy atom. The van der Waals surface area contributed by atoms with Gasteiger partial charge in [0, 0.05) is 31.0 Å². The number of amides is 2. The fourth-order valence-electron chi connectivity index (χ4n) is 2.06. The van der Waals surface area contributed by atoms with E-state index in [0.29, 0.717) is 5.69 Å². The van der Waals surface area contributed by atoms with E-state index in [-0.39, 0.29) is 6.42 Å². The Labute approximate surface area is 125 Å². The maximum Gasteiger partial charge on any atom is 0.319 e. The second-order valence-corrected chi connectivity index (χ2v) is 5.93. The Kier molecular flexibility index (Phi) is 5.18. The third-order valence-corrected chi connectivity index (χ3v) is 2.99. The molecule has 0 atom stereocenters. The number of carboxylic acids is 1. The van der Waals surface area contributed by atoms with Crippen molar-refractivity contribution in [1.29, 1.82) is 0 Å². The first-order valence-electron chi connectivity index (χ1n) is 6.70. The van der Waals surface area contributed by atoms with Gasteiger partial charge in [0.05, 0.1) is 6.42 Å². The Bertz CT molecular complexity index is 539. The summed E-state index contributed by atoms with van der Waals surface area (Å²) in [7, 11) is 3.87. The largest absolute Gasteiger partial charge is 0.481 e. The molecule has 6 heteroatoms. The summed E-state index contributed by atoms with van der Waals surface area (Å²) in [6.45, 7) is 5.33. The zero-order valence-corrected chi connectivity index (χ0v) is 13.2. The van der Waals surface area contributed by atoms with Gasteiger partial charge < -0.3 is 20.6 Å². The summed E-state index contributed by atoms with van der Waals surface area (Å²) < 4.78 is 0. The molecule has 0 bridgehead atoms. The number of aryl methyl sites for hydroxylation is 1. The van der Waals surface area contributed by atoms with E-state index in [0.717, 1.165) is 11.3 Å². The SMILES string of the molecule is Cc1ccc(NC(=O)NC(C)(C)CC(=O)O)cc1N(C)C. The molecule has 0 heterocycles. The molecular formula is C15H23N3O3. The summed E-state index contributed by atoms with van der Waals surface area (Å²) in [4.78, 5) is 24.6. The molecule has 6 nitrogen and oxygen atoms in total. The van der Waals surface area contributed by atoms with Crippen LogP contribution in [0.25, 0.3) is 0 Å². The molecule has 2 amide bonds. The lowest BCUT2D eigenvalue weighted by atomic mass is 10.0. The normalized spacial score (nSPS) is 10.9. The van der Waals surface area contributed by atoms with Crippen LogP contribution >= 0.6 is 0 Å². The first-order valence-corrected chi connectivity index (χ1v) is 6.70. The zero-order valence-electron chi connectivity index (χ0n) is 13.2. The third kappa shape index (κ3) is 5.33. The molecule has 0 saturated heterocycles. The Morgan fingerprint density at radius 1 is 1.29 bits per heavy atom. The van der Waals surface area contributed by atoms with Crippen molar-refractivity contribution in [1.82, 2.24) is 5.32 Å². The van der Waals surface area contributed by atoms with Gasteiger partial charge in [0.2, 0.25) is 0 Å². The average molecular weight is 293 g/mol. The number of nitrogens with one attached hydrogen (secondary N) is 2. The molecule has 0 spiro atoms. The van der Waals surface area contributed by atoms with Gasteiger partial charge >= 0.3 is 12.0 Å². The monoisotopic (exact) mass is 293 g/mol. The second kappa shape index (κ2) is 6.47. The van der Waals surface area contributed by atoms with Gasteiger partial charge in [-0.15, -0.1) is 0 Å². The fourth-order valence-corrected chi connectivity index (χ4v) is 2.06. The zero-order chi connectivity index (χ0) is 16.2. The van der Waals surface area contributed by atoms with Crippen molar-refractivity contribution < 1.29 is 14.7 Å². The highest BCUT2D eigenvalue weighted by atomic mass is 16.4. The molecule has 0 unspecified atom stereocenters. The van der Waals surface area contributed by atoms with Crippen molar-refractivity contribution in [3.8, 4) is 0 Å². The first-order chi connectivity index (χ1) is 9.60. The van der Waals surface area contributed by atoms with Crippen LogP contribution in [0.15, 0.2) is 18.2 Å². The van der Waals surface area contributed by atoms with E-state index >= 15 is 0 Å². The van der Waals surface area contributed by atoms with E-state index in [4.69, 9.17) is 5.11 Å². The van der Waals surface area contributed by atoms with Gasteiger partial charge in [-0.05, 0) is 38.5 Å². The molecule has 0 saturated carbocycles. The van der Waals surface area contributed by atoms with Gasteiger partial charge in [0.15, 0.2) is 0 Å². The van der Waals surface area contributed by atoms with E-state index in [1.807, 2.05) is 44.1 Å². The van der Waals surface area contributed by atoms with Crippen LogP contribution in [-0.4, -0.2) is 36.7 Å². The molecule has 21 heavy (non-hydrogen) atoms. The van der Waals surface area contributed by atoms with Gasteiger partial charge in [-0.1, -0.05) is 6.07 Å². The van der Waals surface area contributed by atoms with Crippen molar-refractivity contribution in [2.45, 2.75) is 32.7 Å². The van der Waals surface area contributed by atoms with Crippen LogP contribution in [0.1, 0.15) is 25.8 Å². The number of carboxylic acid groups (broad SMARTS) is 1. The maximum absolute atomic E-state index is 11.9. The molecular weight excluding hydrogens is 270 g/mol. The molecule has 116 valence electrons. The lowest BCUT2D eigenvalue weighted by Crippen LogP contribution is -2.46. The van der Waals surface area contributed by atoms with Gasteiger partial charge in [-0.25, -0.2) is 4.79 Å². The summed E-state index contributed by atoms with van der Waals surface area (Å²) in [5, 5.41) is 14.2. The predicted octanol–water partition coefficient (Wildman–Crippen LogP) is 2.44. The van der Waals surface area contributed by atoms with E-state index in [2.05, 4.69) is 10.6 Å². The van der Waals surface area contributed by atoms with Gasteiger partial charge in [0.1, 0.15) is 0 Å². The second-order valence-electron chi connectivity index (χ2n) is 5.93. The average Bonchev–Trinajstić information content (AvgIpc) is 2.28. The van der Waals surface area contributed by atoms with Gasteiger partial charge in [-0.2, -0.15) is 0 Å². The number of urea groups is 1. The van der Waals surface area contributed by atoms with E-state index < -0.39 is 17.5 Å². The Morgan fingerprint density at radius 2 is 1.90 bits per heavy atom. The summed E-state index contributed by atoms with van der Waals surface area (Å²) in [5.74, 6) is -0.953. The van der Waals surface area contributed by atoms with Crippen LogP contribution in [0.2, 0.25) is 0 Å². The van der Waals surface area contributed by atoms with Crippen LogP contribution in [0.5, 0.6) is 0 Å². The molecule has 0 fully saturated rings. The quantitative estimate of drug-likeness (QED) is 0.779. The van der Waals surface area contributed by atoms with Crippen molar-refractivity contribution >= 4 is 23.4 Å². The minimum Gasteiger partial charge on any atom is -0.481 e. The van der Waals surface area contributed by atoms with Crippen LogP contribution in [0, 0.1) is 6.92 Å². The molecule has 1 aromatic carbocycles. The number of benzene rings is 1. The number of rotatable bonds is 5. The number of aliphatic carboxylic acids is 1. The smallest absolute Gasteiger partial charge is 0.319 e. The number of anilines is 2. The maximum atomic E-state index is 11.9. The lowest BCUT2D eigenvalue weighted by molar-refractivity contribution is -0.138. The predicted molar refractivity (Wildman–Crippen MR) is 84.0 cm³/mol. The minimum absolute atomic E-state index is 0.142. The highest BCUT2D eigenvalue weighted by molar-refractivity contribution is 5.90. The molecule has 0 aliphatic heterocycles. The molecule has 0 aliphatic rings. The van der Waals surface area contributed by atoms with E-state index in [9.17, 15) is 9.59 Å². The number of hydrogen-bond acceptors (Lipinski definition) is 3.